The lowest BCUT2D eigenvalue weighted by Crippen LogP contribution is -2.17. The summed E-state index contributed by atoms with van der Waals surface area (Å²) >= 11 is 5.70. The van der Waals surface area contributed by atoms with Crippen LogP contribution in [0.3, 0.4) is 0 Å². The maximum Gasteiger partial charge on any atom is 0.225 e. The molecular formula is C10H13ClN2O3S. The van der Waals surface area contributed by atoms with Crippen LogP contribution in [0, 0.1) is 0 Å². The molecule has 0 heterocycles. The first-order valence-corrected chi connectivity index (χ1v) is 7.24. The number of nitrogens with two attached hydrogens (primary N) is 1. The standard InChI is InChI=1S/C10H13ClN2O3S/c1-17(15,16)5-4-10(14)13-9-3-2-7(11)6-8(9)12/h2-3,6H,4-5,12H2,1H3,(H,13,14). The second-order valence-electron chi connectivity index (χ2n) is 3.66. The minimum atomic E-state index is -3.14. The van der Waals surface area contributed by atoms with Crippen molar-refractivity contribution in [1.82, 2.24) is 0 Å². The first-order chi connectivity index (χ1) is 7.78. The molecule has 0 spiro atoms. The van der Waals surface area contributed by atoms with Gasteiger partial charge in [0.1, 0.15) is 9.84 Å². The Morgan fingerprint density at radius 3 is 2.65 bits per heavy atom. The Labute approximate surface area is 105 Å². The molecule has 0 unspecified atom stereocenters. The second kappa shape index (κ2) is 5.37. The molecule has 0 aliphatic carbocycles. The van der Waals surface area contributed by atoms with Gasteiger partial charge in [-0.3, -0.25) is 4.79 Å². The molecule has 1 aromatic rings. The van der Waals surface area contributed by atoms with Crippen LogP contribution >= 0.6 is 11.6 Å². The number of hydrogen-bond donors (Lipinski definition) is 2. The van der Waals surface area contributed by atoms with Crippen molar-refractivity contribution >= 4 is 38.7 Å². The lowest BCUT2D eigenvalue weighted by atomic mass is 10.2. The van der Waals surface area contributed by atoms with Gasteiger partial charge in [-0.05, 0) is 18.2 Å². The average Bonchev–Trinajstić information content (AvgIpc) is 2.18. The molecule has 1 amide bonds. The molecule has 0 radical (unpaired) electrons. The normalized spacial score (nSPS) is 11.2. The van der Waals surface area contributed by atoms with Gasteiger partial charge in [-0.25, -0.2) is 8.42 Å². The molecule has 0 atom stereocenters. The van der Waals surface area contributed by atoms with E-state index in [4.69, 9.17) is 17.3 Å². The molecule has 7 heteroatoms. The zero-order valence-electron chi connectivity index (χ0n) is 9.23. The number of rotatable bonds is 4. The summed E-state index contributed by atoms with van der Waals surface area (Å²) in [7, 11) is -3.14. The Kier molecular flexibility index (Phi) is 4.36. The molecule has 0 bridgehead atoms. The van der Waals surface area contributed by atoms with E-state index in [0.717, 1.165) is 6.26 Å². The van der Waals surface area contributed by atoms with Gasteiger partial charge >= 0.3 is 0 Å². The van der Waals surface area contributed by atoms with Crippen molar-refractivity contribution in [3.63, 3.8) is 0 Å². The van der Waals surface area contributed by atoms with E-state index < -0.39 is 15.7 Å². The van der Waals surface area contributed by atoms with Gasteiger partial charge in [0.2, 0.25) is 5.91 Å². The number of nitrogen functional groups attached to an aromatic ring is 1. The molecule has 0 aliphatic heterocycles. The molecule has 1 rings (SSSR count). The molecule has 0 saturated heterocycles. The third-order valence-electron chi connectivity index (χ3n) is 1.99. The van der Waals surface area contributed by atoms with Crippen molar-refractivity contribution in [2.75, 3.05) is 23.1 Å². The molecule has 1 aromatic carbocycles. The van der Waals surface area contributed by atoms with Gasteiger partial charge in [-0.1, -0.05) is 11.6 Å². The quantitative estimate of drug-likeness (QED) is 0.811. The number of halogens is 1. The Morgan fingerprint density at radius 1 is 1.47 bits per heavy atom. The summed E-state index contributed by atoms with van der Waals surface area (Å²) in [4.78, 5) is 11.4. The van der Waals surface area contributed by atoms with Crippen molar-refractivity contribution in [2.45, 2.75) is 6.42 Å². The topological polar surface area (TPSA) is 89.3 Å². The van der Waals surface area contributed by atoms with E-state index in [0.29, 0.717) is 16.4 Å². The van der Waals surface area contributed by atoms with E-state index in [1.165, 1.54) is 6.07 Å². The molecule has 0 aliphatic rings. The number of hydrogen-bond acceptors (Lipinski definition) is 4. The average molecular weight is 277 g/mol. The number of carbonyl (C=O) groups excluding carboxylic acids is 1. The van der Waals surface area contributed by atoms with Crippen LogP contribution < -0.4 is 11.1 Å². The first-order valence-electron chi connectivity index (χ1n) is 4.80. The van der Waals surface area contributed by atoms with Crippen molar-refractivity contribution in [3.05, 3.63) is 23.2 Å². The summed E-state index contributed by atoms with van der Waals surface area (Å²) < 4.78 is 21.8. The van der Waals surface area contributed by atoms with E-state index in [1.807, 2.05) is 0 Å². The lowest BCUT2D eigenvalue weighted by molar-refractivity contribution is -0.115. The Morgan fingerprint density at radius 2 is 2.12 bits per heavy atom. The van der Waals surface area contributed by atoms with Crippen LogP contribution in [0.1, 0.15) is 6.42 Å². The van der Waals surface area contributed by atoms with Gasteiger partial charge in [0, 0.05) is 17.7 Å². The highest BCUT2D eigenvalue weighted by Gasteiger charge is 2.09. The number of benzene rings is 1. The van der Waals surface area contributed by atoms with Gasteiger partial charge < -0.3 is 11.1 Å². The fourth-order valence-corrected chi connectivity index (χ4v) is 1.87. The zero-order chi connectivity index (χ0) is 13.1. The number of sulfone groups is 1. The van der Waals surface area contributed by atoms with E-state index >= 15 is 0 Å². The highest BCUT2D eigenvalue weighted by Crippen LogP contribution is 2.22. The van der Waals surface area contributed by atoms with Gasteiger partial charge in [-0.15, -0.1) is 0 Å². The van der Waals surface area contributed by atoms with Crippen LogP contribution in [-0.2, 0) is 14.6 Å². The van der Waals surface area contributed by atoms with Crippen LogP contribution in [0.25, 0.3) is 0 Å². The lowest BCUT2D eigenvalue weighted by Gasteiger charge is -2.07. The van der Waals surface area contributed by atoms with E-state index in [9.17, 15) is 13.2 Å². The van der Waals surface area contributed by atoms with E-state index in [1.54, 1.807) is 12.1 Å². The SMILES string of the molecule is CS(=O)(=O)CCC(=O)Nc1ccc(Cl)cc1N. The summed E-state index contributed by atoms with van der Waals surface area (Å²) in [6.07, 6.45) is 0.984. The van der Waals surface area contributed by atoms with Crippen LogP contribution in [0.4, 0.5) is 11.4 Å². The maximum absolute atomic E-state index is 11.4. The molecule has 17 heavy (non-hydrogen) atoms. The van der Waals surface area contributed by atoms with E-state index in [2.05, 4.69) is 5.32 Å². The van der Waals surface area contributed by atoms with Crippen molar-refractivity contribution in [2.24, 2.45) is 0 Å². The number of nitrogens with one attached hydrogen (secondary N) is 1. The molecule has 0 saturated carbocycles. The third kappa shape index (κ3) is 5.06. The molecule has 94 valence electrons. The summed E-state index contributed by atoms with van der Waals surface area (Å²) in [5.41, 5.74) is 6.40. The van der Waals surface area contributed by atoms with E-state index in [-0.39, 0.29) is 12.2 Å². The molecule has 5 nitrogen and oxygen atoms in total. The smallest absolute Gasteiger partial charge is 0.225 e. The Balaban J connectivity index is 2.62. The van der Waals surface area contributed by atoms with Gasteiger partial charge in [0.05, 0.1) is 17.1 Å². The fraction of sp³-hybridized carbons (Fsp3) is 0.300. The van der Waals surface area contributed by atoms with Crippen LogP contribution in [0.15, 0.2) is 18.2 Å². The summed E-state index contributed by atoms with van der Waals surface area (Å²) in [6.45, 7) is 0. The number of anilines is 2. The summed E-state index contributed by atoms with van der Waals surface area (Å²) in [6, 6.07) is 4.66. The van der Waals surface area contributed by atoms with Gasteiger partial charge in [-0.2, -0.15) is 0 Å². The van der Waals surface area contributed by atoms with Crippen LogP contribution in [0.2, 0.25) is 5.02 Å². The first kappa shape index (κ1) is 13.8. The minimum Gasteiger partial charge on any atom is -0.397 e. The zero-order valence-corrected chi connectivity index (χ0v) is 10.8. The van der Waals surface area contributed by atoms with Crippen molar-refractivity contribution < 1.29 is 13.2 Å². The number of carbonyl (C=O) groups is 1. The molecule has 3 N–H and O–H groups in total. The Hall–Kier alpha value is -1.27. The molecule has 0 aromatic heterocycles. The van der Waals surface area contributed by atoms with Crippen LogP contribution in [0.5, 0.6) is 0 Å². The van der Waals surface area contributed by atoms with Crippen LogP contribution in [-0.4, -0.2) is 26.3 Å². The highest BCUT2D eigenvalue weighted by molar-refractivity contribution is 7.90. The Bertz CT molecular complexity index is 528. The maximum atomic E-state index is 11.4. The third-order valence-corrected chi connectivity index (χ3v) is 3.17. The largest absolute Gasteiger partial charge is 0.397 e. The molecule has 0 fully saturated rings. The highest BCUT2D eigenvalue weighted by atomic mass is 35.5. The predicted octanol–water partition coefficient (Wildman–Crippen LogP) is 1.30. The second-order valence-corrected chi connectivity index (χ2v) is 6.36. The van der Waals surface area contributed by atoms with Gasteiger partial charge in [0.25, 0.3) is 0 Å². The summed E-state index contributed by atoms with van der Waals surface area (Å²) in [5, 5.41) is 2.99. The minimum absolute atomic E-state index is 0.0963. The fourth-order valence-electron chi connectivity index (χ4n) is 1.14. The predicted molar refractivity (Wildman–Crippen MR) is 68.8 cm³/mol. The number of amides is 1. The monoisotopic (exact) mass is 276 g/mol. The summed E-state index contributed by atoms with van der Waals surface area (Å²) in [5.74, 6) is -0.587. The molecular weight excluding hydrogens is 264 g/mol. The van der Waals surface area contributed by atoms with Crippen molar-refractivity contribution in [3.8, 4) is 0 Å². The van der Waals surface area contributed by atoms with Gasteiger partial charge in [0.15, 0.2) is 0 Å². The van der Waals surface area contributed by atoms with Crippen molar-refractivity contribution in [1.29, 1.82) is 0 Å².